The van der Waals surface area contributed by atoms with E-state index in [4.69, 9.17) is 10.0 Å². The molecule has 0 spiro atoms. The fourth-order valence-electron chi connectivity index (χ4n) is 1.96. The number of Topliss-reactive ketones (excluding diaryl/α,β-unsaturated/α-hetero) is 1. The third kappa shape index (κ3) is 3.53. The van der Waals surface area contributed by atoms with Crippen molar-refractivity contribution < 1.29 is 22.1 Å². The lowest BCUT2D eigenvalue weighted by Gasteiger charge is -2.05. The summed E-state index contributed by atoms with van der Waals surface area (Å²) in [5.74, 6) is -0.961. The van der Waals surface area contributed by atoms with Crippen molar-refractivity contribution in [3.8, 4) is 0 Å². The van der Waals surface area contributed by atoms with E-state index in [9.17, 15) is 9.18 Å². The number of aryl methyl sites for hydroxylation is 1. The molecule has 0 saturated carbocycles. The van der Waals surface area contributed by atoms with E-state index in [0.29, 0.717) is 6.42 Å². The molecule has 0 aliphatic heterocycles. The number of carbonyl (C=O) groups excluding carboxylic acids is 1. The molecule has 5 heteroatoms. The fourth-order valence-corrected chi connectivity index (χ4v) is 1.96. The molecule has 0 radical (unpaired) electrons. The first-order chi connectivity index (χ1) is 9.58. The first kappa shape index (κ1) is 14.4. The maximum Gasteiger partial charge on any atom is 0.491 e. The minimum absolute atomic E-state index is 0. The molecule has 2 N–H and O–H groups in total. The average Bonchev–Trinajstić information content (AvgIpc) is 2.45. The quantitative estimate of drug-likeness (QED) is 0.647. The molecule has 0 aliphatic rings. The van der Waals surface area contributed by atoms with Crippen LogP contribution in [0.25, 0.3) is 0 Å². The van der Waals surface area contributed by atoms with Gasteiger partial charge in [0.2, 0.25) is 0 Å². The van der Waals surface area contributed by atoms with Gasteiger partial charge in [-0.3, -0.25) is 4.79 Å². The highest BCUT2D eigenvalue weighted by molar-refractivity contribution is 6.58. The van der Waals surface area contributed by atoms with Gasteiger partial charge in [0.05, 0.1) is 0 Å². The Hall–Kier alpha value is -1.98. The van der Waals surface area contributed by atoms with Crippen LogP contribution in [0.3, 0.4) is 0 Å². The minimum Gasteiger partial charge on any atom is -0.423 e. The summed E-state index contributed by atoms with van der Waals surface area (Å²) in [6.45, 7) is 0. The van der Waals surface area contributed by atoms with Gasteiger partial charge in [-0.25, -0.2) is 4.39 Å². The Morgan fingerprint density at radius 1 is 1.15 bits per heavy atom. The highest BCUT2D eigenvalue weighted by Gasteiger charge is 2.18. The van der Waals surface area contributed by atoms with E-state index < -0.39 is 12.9 Å². The number of ketones is 1. The largest absolute Gasteiger partial charge is 0.491 e. The standard InChI is InChI=1S/C15H14BFO3.2H2/c17-14-10-12(7-8-13(14)16(19)20)15(18)9-6-11-4-2-1-3-5-11;;/h1-5,7-8,10,19-20H,6,9H2;2*1H. The summed E-state index contributed by atoms with van der Waals surface area (Å²) in [6.07, 6.45) is 0.871. The van der Waals surface area contributed by atoms with Gasteiger partial charge in [-0.2, -0.15) is 0 Å². The summed E-state index contributed by atoms with van der Waals surface area (Å²) >= 11 is 0. The maximum absolute atomic E-state index is 13.6. The molecule has 0 amide bonds. The lowest BCUT2D eigenvalue weighted by Crippen LogP contribution is -2.32. The molecule has 2 aromatic rings. The van der Waals surface area contributed by atoms with Crippen LogP contribution in [-0.4, -0.2) is 22.9 Å². The van der Waals surface area contributed by atoms with Crippen LogP contribution in [0.1, 0.15) is 25.2 Å². The number of benzene rings is 2. The first-order valence-corrected chi connectivity index (χ1v) is 6.30. The third-order valence-electron chi connectivity index (χ3n) is 3.08. The molecular weight excluding hydrogens is 258 g/mol. The smallest absolute Gasteiger partial charge is 0.423 e. The van der Waals surface area contributed by atoms with E-state index in [1.165, 1.54) is 12.1 Å². The molecule has 0 aromatic heterocycles. The summed E-state index contributed by atoms with van der Waals surface area (Å²) in [7, 11) is -1.87. The normalized spacial score (nSPS) is 10.3. The van der Waals surface area contributed by atoms with Gasteiger partial charge < -0.3 is 10.0 Å². The second-order valence-corrected chi connectivity index (χ2v) is 4.52. The van der Waals surface area contributed by atoms with Crippen LogP contribution in [0, 0.1) is 5.82 Å². The number of hydrogen-bond donors (Lipinski definition) is 2. The van der Waals surface area contributed by atoms with Crippen LogP contribution in [-0.2, 0) is 6.42 Å². The van der Waals surface area contributed by atoms with E-state index in [2.05, 4.69) is 0 Å². The van der Waals surface area contributed by atoms with Gasteiger partial charge >= 0.3 is 7.12 Å². The van der Waals surface area contributed by atoms with Crippen LogP contribution in [0.2, 0.25) is 0 Å². The predicted molar refractivity (Wildman–Crippen MR) is 79.5 cm³/mol. The molecular formula is C15H18BFO3. The summed E-state index contributed by atoms with van der Waals surface area (Å²) in [5, 5.41) is 17.8. The lowest BCUT2D eigenvalue weighted by atomic mass is 9.79. The van der Waals surface area contributed by atoms with E-state index in [-0.39, 0.29) is 26.1 Å². The Labute approximate surface area is 119 Å². The van der Waals surface area contributed by atoms with Crippen LogP contribution in [0.4, 0.5) is 4.39 Å². The first-order valence-electron chi connectivity index (χ1n) is 6.30. The van der Waals surface area contributed by atoms with Crippen LogP contribution in [0.5, 0.6) is 0 Å². The number of carbonyl (C=O) groups is 1. The van der Waals surface area contributed by atoms with Crippen molar-refractivity contribution in [2.75, 3.05) is 0 Å². The van der Waals surface area contributed by atoms with E-state index in [1.54, 1.807) is 0 Å². The third-order valence-corrected chi connectivity index (χ3v) is 3.08. The molecule has 3 nitrogen and oxygen atoms in total. The zero-order chi connectivity index (χ0) is 14.5. The van der Waals surface area contributed by atoms with Gasteiger partial charge in [0.25, 0.3) is 0 Å². The molecule has 0 fully saturated rings. The van der Waals surface area contributed by atoms with Crippen molar-refractivity contribution in [2.45, 2.75) is 12.8 Å². The van der Waals surface area contributed by atoms with Gasteiger partial charge in [0.15, 0.2) is 5.78 Å². The Morgan fingerprint density at radius 2 is 1.85 bits per heavy atom. The van der Waals surface area contributed by atoms with E-state index >= 15 is 0 Å². The number of rotatable bonds is 5. The van der Waals surface area contributed by atoms with Gasteiger partial charge in [-0.15, -0.1) is 0 Å². The molecule has 0 unspecified atom stereocenters. The Balaban J connectivity index is 0.00000220. The number of halogens is 1. The molecule has 0 heterocycles. The van der Waals surface area contributed by atoms with Crippen molar-refractivity contribution in [1.29, 1.82) is 0 Å². The average molecular weight is 276 g/mol. The molecule has 2 aromatic carbocycles. The molecule has 106 valence electrons. The Bertz CT molecular complexity index is 609. The zero-order valence-electron chi connectivity index (χ0n) is 10.8. The van der Waals surface area contributed by atoms with E-state index in [1.807, 2.05) is 30.3 Å². The topological polar surface area (TPSA) is 57.5 Å². The van der Waals surface area contributed by atoms with E-state index in [0.717, 1.165) is 11.6 Å². The predicted octanol–water partition coefficient (Wildman–Crippen LogP) is 1.81. The summed E-state index contributed by atoms with van der Waals surface area (Å²) in [4.78, 5) is 12.0. The van der Waals surface area contributed by atoms with Crippen LogP contribution >= 0.6 is 0 Å². The summed E-state index contributed by atoms with van der Waals surface area (Å²) in [6, 6.07) is 13.2. The van der Waals surface area contributed by atoms with Crippen molar-refractivity contribution in [1.82, 2.24) is 0 Å². The molecule has 2 rings (SSSR count). The van der Waals surface area contributed by atoms with Crippen molar-refractivity contribution in [2.24, 2.45) is 0 Å². The minimum atomic E-state index is -1.87. The van der Waals surface area contributed by atoms with Crippen LogP contribution < -0.4 is 5.46 Å². The molecule has 0 bridgehead atoms. The molecule has 20 heavy (non-hydrogen) atoms. The maximum atomic E-state index is 13.6. The van der Waals surface area contributed by atoms with Crippen molar-refractivity contribution in [3.63, 3.8) is 0 Å². The summed E-state index contributed by atoms with van der Waals surface area (Å²) < 4.78 is 13.6. The van der Waals surface area contributed by atoms with Gasteiger partial charge in [0.1, 0.15) is 5.82 Å². The van der Waals surface area contributed by atoms with Gasteiger partial charge in [-0.1, -0.05) is 42.5 Å². The molecule has 0 aliphatic carbocycles. The summed E-state index contributed by atoms with van der Waals surface area (Å²) in [5.41, 5.74) is 1.05. The SMILES string of the molecule is O=C(CCc1ccccc1)c1ccc(B(O)O)c(F)c1.[HH].[HH]. The number of hydrogen-bond acceptors (Lipinski definition) is 3. The molecule has 0 saturated heterocycles. The Kier molecular flexibility index (Phi) is 4.66. The monoisotopic (exact) mass is 276 g/mol. The highest BCUT2D eigenvalue weighted by Crippen LogP contribution is 2.09. The van der Waals surface area contributed by atoms with Crippen LogP contribution in [0.15, 0.2) is 48.5 Å². The van der Waals surface area contributed by atoms with Crippen molar-refractivity contribution >= 4 is 18.4 Å². The second-order valence-electron chi connectivity index (χ2n) is 4.52. The highest BCUT2D eigenvalue weighted by atomic mass is 19.1. The van der Waals surface area contributed by atoms with Crippen molar-refractivity contribution in [3.05, 3.63) is 65.5 Å². The zero-order valence-corrected chi connectivity index (χ0v) is 10.8. The molecule has 0 atom stereocenters. The Morgan fingerprint density at radius 3 is 2.45 bits per heavy atom. The second kappa shape index (κ2) is 6.46. The fraction of sp³-hybridized carbons (Fsp3) is 0.133. The van der Waals surface area contributed by atoms with Gasteiger partial charge in [-0.05, 0) is 18.1 Å². The van der Waals surface area contributed by atoms with Gasteiger partial charge in [0, 0.05) is 20.3 Å². The lowest BCUT2D eigenvalue weighted by molar-refractivity contribution is 0.0982.